The number of morpholine rings is 1. The van der Waals surface area contributed by atoms with Gasteiger partial charge in [0.2, 0.25) is 5.91 Å². The van der Waals surface area contributed by atoms with Gasteiger partial charge in [0.25, 0.3) is 0 Å². The molecule has 0 bridgehead atoms. The lowest BCUT2D eigenvalue weighted by molar-refractivity contribution is -0.134. The van der Waals surface area contributed by atoms with Crippen LogP contribution in [-0.2, 0) is 25.1 Å². The SMILES string of the molecule is [CH2]C(C(=O)N1CCOCC1)S(=O)(=O)Cc1ccccc1. The number of carbonyl (C=O) groups excluding carboxylic acids is 1. The van der Waals surface area contributed by atoms with Gasteiger partial charge in [0.15, 0.2) is 9.84 Å². The Morgan fingerprint density at radius 1 is 1.25 bits per heavy atom. The molecular weight excluding hydrogens is 278 g/mol. The monoisotopic (exact) mass is 296 g/mol. The maximum Gasteiger partial charge on any atom is 0.241 e. The third-order valence-electron chi connectivity index (χ3n) is 3.24. The van der Waals surface area contributed by atoms with Crippen molar-refractivity contribution >= 4 is 15.7 Å². The Morgan fingerprint density at radius 3 is 2.45 bits per heavy atom. The Labute approximate surface area is 119 Å². The first-order chi connectivity index (χ1) is 9.50. The van der Waals surface area contributed by atoms with Crippen LogP contribution in [0.2, 0.25) is 0 Å². The van der Waals surface area contributed by atoms with Gasteiger partial charge >= 0.3 is 0 Å². The molecule has 6 heteroatoms. The van der Waals surface area contributed by atoms with Crippen molar-refractivity contribution in [2.75, 3.05) is 26.3 Å². The lowest BCUT2D eigenvalue weighted by Crippen LogP contribution is -2.47. The molecule has 1 radical (unpaired) electrons. The minimum atomic E-state index is -3.61. The van der Waals surface area contributed by atoms with Gasteiger partial charge in [-0.15, -0.1) is 0 Å². The molecular formula is C14H18NO4S. The summed E-state index contributed by atoms with van der Waals surface area (Å²) in [5, 5.41) is -1.26. The van der Waals surface area contributed by atoms with Crippen LogP contribution < -0.4 is 0 Å². The molecule has 1 saturated heterocycles. The first kappa shape index (κ1) is 15.0. The first-order valence-corrected chi connectivity index (χ1v) is 8.17. The molecule has 109 valence electrons. The smallest absolute Gasteiger partial charge is 0.241 e. The van der Waals surface area contributed by atoms with E-state index in [1.54, 1.807) is 24.3 Å². The van der Waals surface area contributed by atoms with Gasteiger partial charge in [-0.25, -0.2) is 8.42 Å². The minimum absolute atomic E-state index is 0.169. The molecule has 1 heterocycles. The normalized spacial score (nSPS) is 17.8. The van der Waals surface area contributed by atoms with E-state index < -0.39 is 21.0 Å². The summed E-state index contributed by atoms with van der Waals surface area (Å²) in [4.78, 5) is 13.7. The number of hydrogen-bond donors (Lipinski definition) is 0. The molecule has 0 N–H and O–H groups in total. The highest BCUT2D eigenvalue weighted by molar-refractivity contribution is 7.92. The van der Waals surface area contributed by atoms with E-state index in [9.17, 15) is 13.2 Å². The number of nitrogens with zero attached hydrogens (tertiary/aromatic N) is 1. The lowest BCUT2D eigenvalue weighted by Gasteiger charge is -2.29. The Bertz CT molecular complexity index is 550. The van der Waals surface area contributed by atoms with Gasteiger partial charge in [-0.1, -0.05) is 30.3 Å². The highest BCUT2D eigenvalue weighted by atomic mass is 32.2. The number of amides is 1. The van der Waals surface area contributed by atoms with Crippen LogP contribution >= 0.6 is 0 Å². The van der Waals surface area contributed by atoms with Gasteiger partial charge in [-0.05, 0) is 12.5 Å². The largest absolute Gasteiger partial charge is 0.378 e. The van der Waals surface area contributed by atoms with E-state index in [1.165, 1.54) is 4.90 Å². The Hall–Kier alpha value is -1.40. The molecule has 5 nitrogen and oxygen atoms in total. The van der Waals surface area contributed by atoms with E-state index in [1.807, 2.05) is 6.07 Å². The van der Waals surface area contributed by atoms with Crippen LogP contribution in [0.5, 0.6) is 0 Å². The Morgan fingerprint density at radius 2 is 1.85 bits per heavy atom. The molecule has 1 aromatic rings. The van der Waals surface area contributed by atoms with Crippen molar-refractivity contribution in [2.24, 2.45) is 0 Å². The molecule has 0 aliphatic carbocycles. The molecule has 1 unspecified atom stereocenters. The van der Waals surface area contributed by atoms with E-state index >= 15 is 0 Å². The van der Waals surface area contributed by atoms with E-state index in [0.29, 0.717) is 31.9 Å². The van der Waals surface area contributed by atoms with E-state index in [2.05, 4.69) is 6.92 Å². The zero-order chi connectivity index (χ0) is 14.6. The van der Waals surface area contributed by atoms with Crippen LogP contribution in [0.4, 0.5) is 0 Å². The minimum Gasteiger partial charge on any atom is -0.378 e. The zero-order valence-corrected chi connectivity index (χ0v) is 12.0. The van der Waals surface area contributed by atoms with E-state index in [0.717, 1.165) is 0 Å². The fourth-order valence-corrected chi connectivity index (χ4v) is 3.36. The van der Waals surface area contributed by atoms with Crippen molar-refractivity contribution in [2.45, 2.75) is 11.0 Å². The van der Waals surface area contributed by atoms with Gasteiger partial charge in [-0.3, -0.25) is 4.79 Å². The third-order valence-corrected chi connectivity index (χ3v) is 5.05. The average molecular weight is 296 g/mol. The standard InChI is InChI=1S/C14H18NO4S/c1-12(14(16)15-7-9-19-10-8-15)20(17,18)11-13-5-3-2-4-6-13/h2-6,12H,1,7-11H2. The third kappa shape index (κ3) is 3.58. The summed E-state index contributed by atoms with van der Waals surface area (Å²) >= 11 is 0. The molecule has 0 aromatic heterocycles. The van der Waals surface area contributed by atoms with Gasteiger partial charge in [0.05, 0.1) is 19.0 Å². The van der Waals surface area contributed by atoms with Crippen molar-refractivity contribution in [3.8, 4) is 0 Å². The van der Waals surface area contributed by atoms with Crippen LogP contribution in [0.15, 0.2) is 30.3 Å². The van der Waals surface area contributed by atoms with E-state index in [4.69, 9.17) is 4.74 Å². The summed E-state index contributed by atoms with van der Waals surface area (Å²) in [5.74, 6) is -0.609. The number of sulfone groups is 1. The highest BCUT2D eigenvalue weighted by Gasteiger charge is 2.32. The molecule has 1 aromatic carbocycles. The maximum atomic E-state index is 12.2. The summed E-state index contributed by atoms with van der Waals surface area (Å²) in [7, 11) is -3.61. The van der Waals surface area contributed by atoms with Crippen LogP contribution in [0.3, 0.4) is 0 Å². The predicted octanol–water partition coefficient (Wildman–Crippen LogP) is 0.663. The van der Waals surface area contributed by atoms with Gasteiger partial charge in [0.1, 0.15) is 5.25 Å². The van der Waals surface area contributed by atoms with Crippen LogP contribution in [-0.4, -0.2) is 50.8 Å². The number of rotatable bonds is 4. The number of ether oxygens (including phenoxy) is 1. The molecule has 0 saturated carbocycles. The summed E-state index contributed by atoms with van der Waals surface area (Å²) in [6, 6.07) is 8.81. The fourth-order valence-electron chi connectivity index (χ4n) is 2.05. The van der Waals surface area contributed by atoms with Crippen molar-refractivity contribution in [1.29, 1.82) is 0 Å². The first-order valence-electron chi connectivity index (χ1n) is 6.46. The lowest BCUT2D eigenvalue weighted by atomic mass is 10.2. The van der Waals surface area contributed by atoms with Crippen LogP contribution in [0, 0.1) is 6.92 Å². The quantitative estimate of drug-likeness (QED) is 0.819. The number of hydrogen-bond acceptors (Lipinski definition) is 4. The van der Waals surface area contributed by atoms with Crippen molar-refractivity contribution in [3.05, 3.63) is 42.8 Å². The zero-order valence-electron chi connectivity index (χ0n) is 11.2. The molecule has 1 atom stereocenters. The number of carbonyl (C=O) groups is 1. The second kappa shape index (κ2) is 6.37. The summed E-state index contributed by atoms with van der Waals surface area (Å²) in [6.45, 7) is 5.29. The van der Waals surface area contributed by atoms with Crippen molar-refractivity contribution < 1.29 is 17.9 Å². The summed E-state index contributed by atoms with van der Waals surface area (Å²) in [5.41, 5.74) is 0.663. The second-order valence-electron chi connectivity index (χ2n) is 4.72. The Kier molecular flexibility index (Phi) is 4.77. The molecule has 1 aliphatic heterocycles. The average Bonchev–Trinajstić information content (AvgIpc) is 2.47. The predicted molar refractivity (Wildman–Crippen MR) is 75.6 cm³/mol. The molecule has 0 spiro atoms. The van der Waals surface area contributed by atoms with Crippen molar-refractivity contribution in [3.63, 3.8) is 0 Å². The molecule has 1 aliphatic rings. The van der Waals surface area contributed by atoms with Gasteiger partial charge in [0, 0.05) is 13.1 Å². The van der Waals surface area contributed by atoms with Crippen molar-refractivity contribution in [1.82, 2.24) is 4.90 Å². The summed E-state index contributed by atoms with van der Waals surface area (Å²) in [6.07, 6.45) is 0. The van der Waals surface area contributed by atoms with Gasteiger partial charge < -0.3 is 9.64 Å². The van der Waals surface area contributed by atoms with Crippen LogP contribution in [0.1, 0.15) is 5.56 Å². The summed E-state index contributed by atoms with van der Waals surface area (Å²) < 4.78 is 29.6. The second-order valence-corrected chi connectivity index (χ2v) is 6.90. The molecule has 20 heavy (non-hydrogen) atoms. The molecule has 1 fully saturated rings. The Balaban J connectivity index is 2.06. The highest BCUT2D eigenvalue weighted by Crippen LogP contribution is 2.14. The molecule has 2 rings (SSSR count). The van der Waals surface area contributed by atoms with E-state index in [-0.39, 0.29) is 5.75 Å². The van der Waals surface area contributed by atoms with Gasteiger partial charge in [-0.2, -0.15) is 0 Å². The van der Waals surface area contributed by atoms with Crippen LogP contribution in [0.25, 0.3) is 0 Å². The number of benzene rings is 1. The fraction of sp³-hybridized carbons (Fsp3) is 0.429. The molecule has 1 amide bonds. The topological polar surface area (TPSA) is 63.7 Å². The maximum absolute atomic E-state index is 12.2.